The predicted octanol–water partition coefficient (Wildman–Crippen LogP) is 4.85. The molecule has 2 N–H and O–H groups in total. The number of hydrogen-bond acceptors (Lipinski definition) is 6. The molecule has 1 amide bonds. The fourth-order valence-corrected chi connectivity index (χ4v) is 5.19. The van der Waals surface area contributed by atoms with Gasteiger partial charge in [-0.3, -0.25) is 9.69 Å². The Morgan fingerprint density at radius 3 is 2.40 bits per heavy atom. The molecule has 7 nitrogen and oxygen atoms in total. The van der Waals surface area contributed by atoms with E-state index >= 15 is 8.78 Å². The van der Waals surface area contributed by atoms with Gasteiger partial charge >= 0.3 is 6.18 Å². The van der Waals surface area contributed by atoms with Gasteiger partial charge in [0.15, 0.2) is 17.3 Å². The number of nitrogens with zero attached hydrogens (tertiary/aromatic N) is 2. The molecule has 2 atom stereocenters. The van der Waals surface area contributed by atoms with Gasteiger partial charge < -0.3 is 25.0 Å². The summed E-state index contributed by atoms with van der Waals surface area (Å²) in [5, 5.41) is 4.94. The SMILES string of the molecule is C[C@@H]1CN(c2cc(F)c(-c3ccc4c(c3)OCCO4)c(F)c2NC(=O)C2=CNCC=C2C(F)(F)F)C[C@H](C)N1C. The van der Waals surface area contributed by atoms with Crippen LogP contribution in [0.2, 0.25) is 0 Å². The summed E-state index contributed by atoms with van der Waals surface area (Å²) < 4.78 is 84.1. The molecule has 0 spiro atoms. The van der Waals surface area contributed by atoms with E-state index in [0.717, 1.165) is 18.3 Å². The number of hydrogen-bond donors (Lipinski definition) is 2. The summed E-state index contributed by atoms with van der Waals surface area (Å²) in [6.45, 7) is 5.15. The van der Waals surface area contributed by atoms with Gasteiger partial charge in [-0.15, -0.1) is 0 Å². The smallest absolute Gasteiger partial charge is 0.416 e. The maximum absolute atomic E-state index is 16.4. The Balaban J connectivity index is 1.61. The zero-order chi connectivity index (χ0) is 28.8. The highest BCUT2D eigenvalue weighted by Gasteiger charge is 2.40. The highest BCUT2D eigenvalue weighted by Crippen LogP contribution is 2.42. The number of alkyl halides is 3. The molecule has 12 heteroatoms. The lowest BCUT2D eigenvalue weighted by Crippen LogP contribution is -2.55. The molecule has 0 bridgehead atoms. The quantitative estimate of drug-likeness (QED) is 0.518. The zero-order valence-electron chi connectivity index (χ0n) is 22.2. The molecule has 0 radical (unpaired) electrons. The van der Waals surface area contributed by atoms with Crippen LogP contribution in [0.5, 0.6) is 11.5 Å². The Bertz CT molecular complexity index is 1380. The van der Waals surface area contributed by atoms with E-state index < -0.39 is 46.1 Å². The van der Waals surface area contributed by atoms with E-state index in [1.807, 2.05) is 20.9 Å². The van der Waals surface area contributed by atoms with Gasteiger partial charge in [0.1, 0.15) is 24.7 Å². The number of carbonyl (C=O) groups excluding carboxylic acids is 1. The van der Waals surface area contributed by atoms with E-state index in [2.05, 4.69) is 15.5 Å². The van der Waals surface area contributed by atoms with Crippen LogP contribution in [0, 0.1) is 11.6 Å². The molecule has 0 saturated carbocycles. The Labute approximate surface area is 228 Å². The molecule has 0 aliphatic carbocycles. The second-order valence-electron chi connectivity index (χ2n) is 10.1. The highest BCUT2D eigenvalue weighted by atomic mass is 19.4. The third kappa shape index (κ3) is 5.19. The van der Waals surface area contributed by atoms with E-state index in [0.29, 0.717) is 31.2 Å². The molecule has 5 rings (SSSR count). The van der Waals surface area contributed by atoms with Crippen LogP contribution < -0.4 is 25.0 Å². The molecule has 3 aliphatic heterocycles. The minimum Gasteiger partial charge on any atom is -0.486 e. The maximum atomic E-state index is 16.4. The zero-order valence-corrected chi connectivity index (χ0v) is 22.2. The third-order valence-electron chi connectivity index (χ3n) is 7.48. The summed E-state index contributed by atoms with van der Waals surface area (Å²) in [6.07, 6.45) is -3.00. The summed E-state index contributed by atoms with van der Waals surface area (Å²) in [5.41, 5.74) is -2.54. The average molecular weight is 565 g/mol. The number of likely N-dealkylation sites (N-methyl/N-ethyl adjacent to an activating group) is 1. The molecule has 2 aromatic carbocycles. The standard InChI is InChI=1S/C28H29F5N4O3/c1-15-13-37(14-16(2)36(15)3)21-11-20(29)24(17-4-5-22-23(10-17)40-9-8-39-22)25(30)26(21)35-27(38)18-12-34-7-6-19(18)28(31,32)33/h4-6,10-12,15-16,34H,7-9,13-14H2,1-3H3,(H,35,38)/t15-,16+. The van der Waals surface area contributed by atoms with Crippen molar-refractivity contribution in [2.75, 3.05) is 50.1 Å². The number of amides is 1. The topological polar surface area (TPSA) is 66.1 Å². The Morgan fingerprint density at radius 2 is 1.73 bits per heavy atom. The van der Waals surface area contributed by atoms with Crippen LogP contribution in [0.1, 0.15) is 13.8 Å². The van der Waals surface area contributed by atoms with Crippen LogP contribution in [0.4, 0.5) is 33.3 Å². The second kappa shape index (κ2) is 10.6. The minimum atomic E-state index is -4.80. The number of anilines is 2. The number of halogens is 5. The lowest BCUT2D eigenvalue weighted by Gasteiger charge is -2.44. The van der Waals surface area contributed by atoms with Crippen LogP contribution in [-0.4, -0.2) is 69.0 Å². The molecule has 214 valence electrons. The summed E-state index contributed by atoms with van der Waals surface area (Å²) >= 11 is 0. The number of rotatable bonds is 4. The number of dihydropyridines is 1. The van der Waals surface area contributed by atoms with E-state index in [4.69, 9.17) is 9.47 Å². The number of carbonyl (C=O) groups is 1. The van der Waals surface area contributed by atoms with Crippen molar-refractivity contribution in [1.29, 1.82) is 0 Å². The number of nitrogens with one attached hydrogen (secondary N) is 2. The van der Waals surface area contributed by atoms with Crippen molar-refractivity contribution in [3.8, 4) is 22.6 Å². The number of ether oxygens (including phenoxy) is 2. The lowest BCUT2D eigenvalue weighted by molar-refractivity contribution is -0.115. The van der Waals surface area contributed by atoms with Crippen molar-refractivity contribution in [3.05, 3.63) is 59.3 Å². The van der Waals surface area contributed by atoms with Crippen LogP contribution in [0.3, 0.4) is 0 Å². The third-order valence-corrected chi connectivity index (χ3v) is 7.48. The minimum absolute atomic E-state index is 0.000846. The van der Waals surface area contributed by atoms with Crippen molar-refractivity contribution in [3.63, 3.8) is 0 Å². The number of fused-ring (bicyclic) bond motifs is 1. The summed E-state index contributed by atoms with van der Waals surface area (Å²) in [7, 11) is 1.94. The fourth-order valence-electron chi connectivity index (χ4n) is 5.19. The van der Waals surface area contributed by atoms with Gasteiger partial charge in [0.2, 0.25) is 0 Å². The molecule has 40 heavy (non-hydrogen) atoms. The summed E-state index contributed by atoms with van der Waals surface area (Å²) in [6, 6.07) is 5.53. The van der Waals surface area contributed by atoms with Crippen molar-refractivity contribution in [2.24, 2.45) is 0 Å². The lowest BCUT2D eigenvalue weighted by atomic mass is 9.99. The monoisotopic (exact) mass is 564 g/mol. The van der Waals surface area contributed by atoms with Gasteiger partial charge in [0.25, 0.3) is 5.91 Å². The summed E-state index contributed by atoms with van der Waals surface area (Å²) in [4.78, 5) is 17.1. The van der Waals surface area contributed by atoms with Crippen LogP contribution in [0.15, 0.2) is 47.7 Å². The van der Waals surface area contributed by atoms with E-state index in [-0.39, 0.29) is 36.5 Å². The number of benzene rings is 2. The van der Waals surface area contributed by atoms with Crippen molar-refractivity contribution < 1.29 is 36.2 Å². The van der Waals surface area contributed by atoms with E-state index in [1.165, 1.54) is 18.2 Å². The Kier molecular flexibility index (Phi) is 7.38. The van der Waals surface area contributed by atoms with Gasteiger partial charge in [-0.05, 0) is 38.6 Å². The van der Waals surface area contributed by atoms with Crippen molar-refractivity contribution >= 4 is 17.3 Å². The van der Waals surface area contributed by atoms with Gasteiger partial charge in [-0.1, -0.05) is 12.1 Å². The summed E-state index contributed by atoms with van der Waals surface area (Å²) in [5.74, 6) is -2.45. The molecule has 0 aromatic heterocycles. The predicted molar refractivity (Wildman–Crippen MR) is 141 cm³/mol. The maximum Gasteiger partial charge on any atom is 0.416 e. The molecule has 3 heterocycles. The van der Waals surface area contributed by atoms with Gasteiger partial charge in [-0.25, -0.2) is 8.78 Å². The first-order valence-electron chi connectivity index (χ1n) is 12.9. The normalized spacial score (nSPS) is 21.4. The van der Waals surface area contributed by atoms with Gasteiger partial charge in [0, 0.05) is 44.0 Å². The van der Waals surface area contributed by atoms with Gasteiger partial charge in [0.05, 0.1) is 22.4 Å². The Hall–Kier alpha value is -3.80. The fraction of sp³-hybridized carbons (Fsp3) is 0.393. The average Bonchev–Trinajstić information content (AvgIpc) is 2.92. The largest absolute Gasteiger partial charge is 0.486 e. The van der Waals surface area contributed by atoms with Crippen LogP contribution in [-0.2, 0) is 4.79 Å². The van der Waals surface area contributed by atoms with Crippen LogP contribution in [0.25, 0.3) is 11.1 Å². The van der Waals surface area contributed by atoms with E-state index in [1.54, 1.807) is 4.90 Å². The molecule has 1 saturated heterocycles. The van der Waals surface area contributed by atoms with Crippen LogP contribution >= 0.6 is 0 Å². The first kappa shape index (κ1) is 27.8. The molecule has 3 aliphatic rings. The second-order valence-corrected chi connectivity index (χ2v) is 10.1. The Morgan fingerprint density at radius 1 is 1.05 bits per heavy atom. The molecule has 1 fully saturated rings. The van der Waals surface area contributed by atoms with Gasteiger partial charge in [-0.2, -0.15) is 13.2 Å². The van der Waals surface area contributed by atoms with Crippen molar-refractivity contribution in [2.45, 2.75) is 32.1 Å². The van der Waals surface area contributed by atoms with Crippen molar-refractivity contribution in [1.82, 2.24) is 10.2 Å². The van der Waals surface area contributed by atoms with E-state index in [9.17, 15) is 18.0 Å². The number of piperazine rings is 1. The molecular formula is C28H29F5N4O3. The first-order chi connectivity index (χ1) is 19.0. The highest BCUT2D eigenvalue weighted by molar-refractivity contribution is 6.09. The molecule has 2 aromatic rings. The molecular weight excluding hydrogens is 535 g/mol. The first-order valence-corrected chi connectivity index (χ1v) is 12.9. The molecule has 0 unspecified atom stereocenters.